The molecule has 0 fully saturated rings. The minimum Gasteiger partial charge on any atom is -0.494 e. The summed E-state index contributed by atoms with van der Waals surface area (Å²) in [7, 11) is 0. The Morgan fingerprint density at radius 3 is 2.36 bits per heavy atom. The van der Waals surface area contributed by atoms with Crippen molar-refractivity contribution in [2.24, 2.45) is 0 Å². The van der Waals surface area contributed by atoms with Crippen LogP contribution in [0, 0.1) is 13.8 Å². The van der Waals surface area contributed by atoms with Crippen molar-refractivity contribution in [2.45, 2.75) is 26.7 Å². The van der Waals surface area contributed by atoms with Crippen molar-refractivity contribution in [3.63, 3.8) is 0 Å². The van der Waals surface area contributed by atoms with Crippen LogP contribution in [0.5, 0.6) is 5.75 Å². The highest BCUT2D eigenvalue weighted by atomic mass is 16.5. The van der Waals surface area contributed by atoms with Gasteiger partial charge < -0.3 is 20.5 Å². The molecule has 0 heterocycles. The molecule has 0 aliphatic rings. The molecule has 0 saturated carbocycles. The molecule has 3 N–H and O–H groups in total. The Morgan fingerprint density at radius 2 is 1.71 bits per heavy atom. The van der Waals surface area contributed by atoms with Crippen LogP contribution in [0.4, 0.5) is 5.69 Å². The molecule has 2 aromatic rings. The highest BCUT2D eigenvalue weighted by Gasteiger charge is 2.09. The van der Waals surface area contributed by atoms with Crippen molar-refractivity contribution >= 4 is 23.5 Å². The van der Waals surface area contributed by atoms with Crippen LogP contribution in [0.15, 0.2) is 42.5 Å². The van der Waals surface area contributed by atoms with Crippen LogP contribution < -0.4 is 15.4 Å². The molecule has 7 heteroatoms. The van der Waals surface area contributed by atoms with E-state index < -0.39 is 5.97 Å². The number of ether oxygens (including phenoxy) is 1. The standard InChI is InChI=1S/C21H24N2O5/c1-14-5-6-16(12-15(14)2)21(27)22-13-19(24)23-17-7-9-18(10-8-17)28-11-3-4-20(25)26/h5-10,12H,3-4,11,13H2,1-2H3,(H,22,27)(H,23,24)(H,25,26). The summed E-state index contributed by atoms with van der Waals surface area (Å²) < 4.78 is 5.43. The Balaban J connectivity index is 1.77. The number of hydrogen-bond acceptors (Lipinski definition) is 4. The van der Waals surface area contributed by atoms with Crippen LogP contribution >= 0.6 is 0 Å². The summed E-state index contributed by atoms with van der Waals surface area (Å²) in [6, 6.07) is 12.1. The topological polar surface area (TPSA) is 105 Å². The molecule has 0 atom stereocenters. The predicted molar refractivity (Wildman–Crippen MR) is 106 cm³/mol. The molecule has 28 heavy (non-hydrogen) atoms. The highest BCUT2D eigenvalue weighted by Crippen LogP contribution is 2.16. The lowest BCUT2D eigenvalue weighted by atomic mass is 10.1. The molecule has 0 spiro atoms. The predicted octanol–water partition coefficient (Wildman–Crippen LogP) is 2.92. The average molecular weight is 384 g/mol. The van der Waals surface area contributed by atoms with Gasteiger partial charge in [-0.25, -0.2) is 0 Å². The summed E-state index contributed by atoms with van der Waals surface area (Å²) in [6.45, 7) is 4.07. The normalized spacial score (nSPS) is 10.2. The number of carbonyl (C=O) groups is 3. The van der Waals surface area contributed by atoms with Gasteiger partial charge in [0.05, 0.1) is 13.2 Å². The molecular weight excluding hydrogens is 360 g/mol. The van der Waals surface area contributed by atoms with Gasteiger partial charge in [0.25, 0.3) is 5.91 Å². The smallest absolute Gasteiger partial charge is 0.303 e. The van der Waals surface area contributed by atoms with Gasteiger partial charge in [0.2, 0.25) is 5.91 Å². The van der Waals surface area contributed by atoms with E-state index in [9.17, 15) is 14.4 Å². The number of rotatable bonds is 9. The maximum absolute atomic E-state index is 12.1. The van der Waals surface area contributed by atoms with Crippen LogP contribution in [0.1, 0.15) is 34.3 Å². The number of nitrogens with one attached hydrogen (secondary N) is 2. The van der Waals surface area contributed by atoms with E-state index in [1.165, 1.54) is 0 Å². The Hall–Kier alpha value is -3.35. The summed E-state index contributed by atoms with van der Waals surface area (Å²) in [5, 5.41) is 13.9. The Morgan fingerprint density at radius 1 is 1.00 bits per heavy atom. The molecule has 0 aromatic heterocycles. The lowest BCUT2D eigenvalue weighted by molar-refractivity contribution is -0.137. The molecule has 0 bridgehead atoms. The van der Waals surface area contributed by atoms with Gasteiger partial charge in [-0.3, -0.25) is 14.4 Å². The van der Waals surface area contributed by atoms with Crippen molar-refractivity contribution < 1.29 is 24.2 Å². The summed E-state index contributed by atoms with van der Waals surface area (Å²) in [6.07, 6.45) is 0.482. The third kappa shape index (κ3) is 6.75. The summed E-state index contributed by atoms with van der Waals surface area (Å²) in [5.41, 5.74) is 3.20. The van der Waals surface area contributed by atoms with Crippen molar-refractivity contribution in [3.8, 4) is 5.75 Å². The number of aliphatic carboxylic acids is 1. The number of amides is 2. The fourth-order valence-electron chi connectivity index (χ4n) is 2.40. The second-order valence-corrected chi connectivity index (χ2v) is 6.40. The third-order valence-electron chi connectivity index (χ3n) is 4.12. The van der Waals surface area contributed by atoms with Crippen molar-refractivity contribution in [1.82, 2.24) is 5.32 Å². The lowest BCUT2D eigenvalue weighted by Gasteiger charge is -2.09. The molecule has 0 aliphatic heterocycles. The molecule has 0 unspecified atom stereocenters. The average Bonchev–Trinajstić information content (AvgIpc) is 2.66. The van der Waals surface area contributed by atoms with Crippen molar-refractivity contribution in [3.05, 3.63) is 59.2 Å². The van der Waals surface area contributed by atoms with Crippen LogP contribution in [0.3, 0.4) is 0 Å². The minimum absolute atomic E-state index is 0.0576. The molecule has 0 saturated heterocycles. The summed E-state index contributed by atoms with van der Waals surface area (Å²) >= 11 is 0. The molecule has 2 rings (SSSR count). The zero-order chi connectivity index (χ0) is 20.5. The summed E-state index contributed by atoms with van der Waals surface area (Å²) in [4.78, 5) is 34.6. The SMILES string of the molecule is Cc1ccc(C(=O)NCC(=O)Nc2ccc(OCCCC(=O)O)cc2)cc1C. The maximum atomic E-state index is 12.1. The van der Waals surface area contributed by atoms with E-state index in [0.717, 1.165) is 11.1 Å². The molecule has 148 valence electrons. The summed E-state index contributed by atoms with van der Waals surface area (Å²) in [5.74, 6) is -0.909. The molecule has 0 radical (unpaired) electrons. The number of carboxylic acid groups (broad SMARTS) is 1. The van der Waals surface area contributed by atoms with E-state index in [4.69, 9.17) is 9.84 Å². The van der Waals surface area contributed by atoms with E-state index in [-0.39, 0.29) is 24.8 Å². The van der Waals surface area contributed by atoms with Gasteiger partial charge in [0.1, 0.15) is 5.75 Å². The van der Waals surface area contributed by atoms with E-state index in [1.54, 1.807) is 36.4 Å². The van der Waals surface area contributed by atoms with Crippen LogP contribution in [0.2, 0.25) is 0 Å². The first kappa shape index (κ1) is 21.0. The molecule has 7 nitrogen and oxygen atoms in total. The van der Waals surface area contributed by atoms with Gasteiger partial charge in [0.15, 0.2) is 0 Å². The second kappa shape index (κ2) is 10.1. The van der Waals surface area contributed by atoms with Gasteiger partial charge in [-0.2, -0.15) is 0 Å². The zero-order valence-corrected chi connectivity index (χ0v) is 16.0. The monoisotopic (exact) mass is 384 g/mol. The Bertz CT molecular complexity index is 846. The van der Waals surface area contributed by atoms with Gasteiger partial charge >= 0.3 is 5.97 Å². The van der Waals surface area contributed by atoms with Crippen LogP contribution in [-0.4, -0.2) is 36.0 Å². The zero-order valence-electron chi connectivity index (χ0n) is 16.0. The first-order chi connectivity index (χ1) is 13.3. The van der Waals surface area contributed by atoms with Gasteiger partial charge in [-0.05, 0) is 67.8 Å². The number of hydrogen-bond donors (Lipinski definition) is 3. The Kier molecular flexibility index (Phi) is 7.56. The number of aryl methyl sites for hydroxylation is 2. The van der Waals surface area contributed by atoms with E-state index in [1.807, 2.05) is 19.9 Å². The fraction of sp³-hybridized carbons (Fsp3) is 0.286. The maximum Gasteiger partial charge on any atom is 0.303 e. The molecule has 2 aromatic carbocycles. The third-order valence-corrected chi connectivity index (χ3v) is 4.12. The van der Waals surface area contributed by atoms with Crippen LogP contribution in [-0.2, 0) is 9.59 Å². The second-order valence-electron chi connectivity index (χ2n) is 6.40. The number of anilines is 1. The molecule has 0 aliphatic carbocycles. The Labute approximate surface area is 163 Å². The fourth-order valence-corrected chi connectivity index (χ4v) is 2.40. The van der Waals surface area contributed by atoms with Gasteiger partial charge in [-0.15, -0.1) is 0 Å². The van der Waals surface area contributed by atoms with E-state index in [0.29, 0.717) is 30.0 Å². The largest absolute Gasteiger partial charge is 0.494 e. The van der Waals surface area contributed by atoms with Crippen molar-refractivity contribution in [2.75, 3.05) is 18.5 Å². The minimum atomic E-state index is -0.855. The molecule has 2 amide bonds. The highest BCUT2D eigenvalue weighted by molar-refractivity contribution is 5.99. The van der Waals surface area contributed by atoms with E-state index in [2.05, 4.69) is 10.6 Å². The quantitative estimate of drug-likeness (QED) is 0.577. The van der Waals surface area contributed by atoms with Gasteiger partial charge in [0, 0.05) is 17.7 Å². The van der Waals surface area contributed by atoms with Gasteiger partial charge in [-0.1, -0.05) is 6.07 Å². The first-order valence-corrected chi connectivity index (χ1v) is 8.95. The van der Waals surface area contributed by atoms with Crippen LogP contribution in [0.25, 0.3) is 0 Å². The first-order valence-electron chi connectivity index (χ1n) is 8.95. The number of carboxylic acids is 1. The van der Waals surface area contributed by atoms with Crippen molar-refractivity contribution in [1.29, 1.82) is 0 Å². The number of carbonyl (C=O) groups excluding carboxylic acids is 2. The number of benzene rings is 2. The van der Waals surface area contributed by atoms with E-state index >= 15 is 0 Å². The molecular formula is C21H24N2O5. The lowest BCUT2D eigenvalue weighted by Crippen LogP contribution is -2.32.